The molecule has 192 valence electrons. The van der Waals surface area contributed by atoms with E-state index < -0.39 is 0 Å². The Bertz CT molecular complexity index is 1170. The lowest BCUT2D eigenvalue weighted by Gasteiger charge is -2.35. The molecule has 0 unspecified atom stereocenters. The molecular formula is C30H40N4O2. The first kappa shape index (κ1) is 25.0. The van der Waals surface area contributed by atoms with Gasteiger partial charge in [0.1, 0.15) is 5.69 Å². The maximum absolute atomic E-state index is 13.7. The lowest BCUT2D eigenvalue weighted by atomic mass is 9.84. The Labute approximate surface area is 214 Å². The van der Waals surface area contributed by atoms with Crippen molar-refractivity contribution < 1.29 is 9.90 Å². The highest BCUT2D eigenvalue weighted by Gasteiger charge is 2.28. The van der Waals surface area contributed by atoms with E-state index in [2.05, 4.69) is 65.0 Å². The number of amides is 1. The topological polar surface area (TPSA) is 62.8 Å². The summed E-state index contributed by atoms with van der Waals surface area (Å²) in [6.07, 6.45) is 3.11. The Balaban J connectivity index is 1.30. The van der Waals surface area contributed by atoms with Crippen molar-refractivity contribution in [3.8, 4) is 0 Å². The fraction of sp³-hybridized carbons (Fsp3) is 0.500. The zero-order valence-corrected chi connectivity index (χ0v) is 21.8. The standard InChI is InChI=1S/C30H40N4O2/c1-22-7-5-8-23(2)28(22)24-11-14-33(15-12-24)21-26-25-9-3-4-10-27(25)31-29(26)30(36)34-18-16-32(17-19-34)13-6-20-35/h3-5,7-10,24,31,35H,6,11-21H2,1-2H3. The number of nitrogens with one attached hydrogen (secondary N) is 1. The number of aromatic amines is 1. The van der Waals surface area contributed by atoms with Crippen LogP contribution in [0.4, 0.5) is 0 Å². The fourth-order valence-corrected chi connectivity index (χ4v) is 6.25. The van der Waals surface area contributed by atoms with Crippen molar-refractivity contribution in [2.45, 2.75) is 45.6 Å². The number of carbonyl (C=O) groups is 1. The van der Waals surface area contributed by atoms with Crippen LogP contribution in [0.5, 0.6) is 0 Å². The average molecular weight is 489 g/mol. The highest BCUT2D eigenvalue weighted by molar-refractivity contribution is 6.01. The molecule has 3 heterocycles. The summed E-state index contributed by atoms with van der Waals surface area (Å²) in [5.74, 6) is 0.738. The number of aryl methyl sites for hydroxylation is 2. The molecule has 0 saturated carbocycles. The Morgan fingerprint density at radius 3 is 2.31 bits per heavy atom. The molecule has 0 spiro atoms. The number of para-hydroxylation sites is 1. The average Bonchev–Trinajstić information content (AvgIpc) is 3.26. The van der Waals surface area contributed by atoms with E-state index in [1.807, 2.05) is 11.0 Å². The summed E-state index contributed by atoms with van der Waals surface area (Å²) in [5.41, 5.74) is 7.31. The summed E-state index contributed by atoms with van der Waals surface area (Å²) in [5, 5.41) is 10.3. The number of hydrogen-bond donors (Lipinski definition) is 2. The number of aliphatic hydroxyl groups excluding tert-OH is 1. The summed E-state index contributed by atoms with van der Waals surface area (Å²) < 4.78 is 0. The van der Waals surface area contributed by atoms with Crippen molar-refractivity contribution in [3.05, 3.63) is 70.4 Å². The first-order valence-electron chi connectivity index (χ1n) is 13.6. The van der Waals surface area contributed by atoms with Crippen molar-refractivity contribution in [1.82, 2.24) is 19.7 Å². The van der Waals surface area contributed by atoms with Gasteiger partial charge in [-0.1, -0.05) is 36.4 Å². The van der Waals surface area contributed by atoms with E-state index in [-0.39, 0.29) is 12.5 Å². The van der Waals surface area contributed by atoms with Crippen LogP contribution in [0, 0.1) is 13.8 Å². The molecule has 1 amide bonds. The van der Waals surface area contributed by atoms with Gasteiger partial charge < -0.3 is 15.0 Å². The van der Waals surface area contributed by atoms with Crippen LogP contribution in [0.1, 0.15) is 57.9 Å². The van der Waals surface area contributed by atoms with Crippen LogP contribution in [0.2, 0.25) is 0 Å². The Kier molecular flexibility index (Phi) is 7.75. The third kappa shape index (κ3) is 5.22. The van der Waals surface area contributed by atoms with Crippen LogP contribution in [0.3, 0.4) is 0 Å². The minimum Gasteiger partial charge on any atom is -0.396 e. The monoisotopic (exact) mass is 488 g/mol. The van der Waals surface area contributed by atoms with Crippen molar-refractivity contribution in [3.63, 3.8) is 0 Å². The number of likely N-dealkylation sites (tertiary alicyclic amines) is 1. The molecule has 36 heavy (non-hydrogen) atoms. The number of rotatable bonds is 7. The Morgan fingerprint density at radius 1 is 0.917 bits per heavy atom. The van der Waals surface area contributed by atoms with Gasteiger partial charge in [-0.2, -0.15) is 0 Å². The maximum Gasteiger partial charge on any atom is 0.270 e. The largest absolute Gasteiger partial charge is 0.396 e. The molecule has 0 bridgehead atoms. The molecule has 6 nitrogen and oxygen atoms in total. The van der Waals surface area contributed by atoms with Gasteiger partial charge in [0.15, 0.2) is 0 Å². The van der Waals surface area contributed by atoms with Crippen molar-refractivity contribution >= 4 is 16.8 Å². The number of H-pyrrole nitrogens is 1. The number of hydrogen-bond acceptors (Lipinski definition) is 4. The van der Waals surface area contributed by atoms with E-state index in [1.165, 1.54) is 16.5 Å². The first-order valence-corrected chi connectivity index (χ1v) is 13.6. The predicted octanol–water partition coefficient (Wildman–Crippen LogP) is 4.30. The van der Waals surface area contributed by atoms with Crippen LogP contribution in [0.25, 0.3) is 10.9 Å². The number of piperazine rings is 1. The quantitative estimate of drug-likeness (QED) is 0.520. The SMILES string of the molecule is Cc1cccc(C)c1C1CCN(Cc2c(C(=O)N3CCN(CCCO)CC3)[nH]c3ccccc23)CC1. The molecule has 0 atom stereocenters. The number of piperidine rings is 1. The van der Waals surface area contributed by atoms with Gasteiger partial charge in [0.05, 0.1) is 0 Å². The zero-order valence-electron chi connectivity index (χ0n) is 21.8. The number of benzene rings is 2. The third-order valence-corrected chi connectivity index (χ3v) is 8.24. The molecule has 5 rings (SSSR count). The van der Waals surface area contributed by atoms with Crippen LogP contribution in [-0.2, 0) is 6.54 Å². The second kappa shape index (κ2) is 11.2. The molecule has 1 aromatic heterocycles. The molecule has 3 aromatic rings. The van der Waals surface area contributed by atoms with Crippen molar-refractivity contribution in [1.29, 1.82) is 0 Å². The zero-order chi connectivity index (χ0) is 25.1. The summed E-state index contributed by atoms with van der Waals surface area (Å²) in [7, 11) is 0. The van der Waals surface area contributed by atoms with Gasteiger partial charge in [0.25, 0.3) is 5.91 Å². The van der Waals surface area contributed by atoms with Gasteiger partial charge >= 0.3 is 0 Å². The van der Waals surface area contributed by atoms with Gasteiger partial charge in [0.2, 0.25) is 0 Å². The fourth-order valence-electron chi connectivity index (χ4n) is 6.25. The molecule has 2 aliphatic rings. The second-order valence-corrected chi connectivity index (χ2v) is 10.6. The first-order chi connectivity index (χ1) is 17.5. The number of fused-ring (bicyclic) bond motifs is 1. The molecule has 2 fully saturated rings. The normalized spacial score (nSPS) is 18.2. The molecule has 6 heteroatoms. The van der Waals surface area contributed by atoms with E-state index in [9.17, 15) is 4.79 Å². The highest BCUT2D eigenvalue weighted by Crippen LogP contribution is 2.34. The van der Waals surface area contributed by atoms with E-state index in [0.29, 0.717) is 5.92 Å². The van der Waals surface area contributed by atoms with Crippen LogP contribution < -0.4 is 0 Å². The molecular weight excluding hydrogens is 448 g/mol. The third-order valence-electron chi connectivity index (χ3n) is 8.24. The molecule has 2 N–H and O–H groups in total. The van der Waals surface area contributed by atoms with Gasteiger partial charge in [-0.3, -0.25) is 14.6 Å². The van der Waals surface area contributed by atoms with Crippen molar-refractivity contribution in [2.24, 2.45) is 0 Å². The molecule has 0 aliphatic carbocycles. The number of aliphatic hydroxyl groups is 1. The van der Waals surface area contributed by atoms with Gasteiger partial charge in [-0.25, -0.2) is 0 Å². The lowest BCUT2D eigenvalue weighted by Crippen LogP contribution is -2.49. The summed E-state index contributed by atoms with van der Waals surface area (Å²) in [6, 6.07) is 15.0. The molecule has 0 radical (unpaired) electrons. The Hall–Kier alpha value is -2.67. The molecule has 2 saturated heterocycles. The van der Waals surface area contributed by atoms with Gasteiger partial charge in [-0.05, 0) is 74.9 Å². The predicted molar refractivity (Wildman–Crippen MR) is 146 cm³/mol. The smallest absolute Gasteiger partial charge is 0.270 e. The van der Waals surface area contributed by atoms with Crippen LogP contribution in [0.15, 0.2) is 42.5 Å². The second-order valence-electron chi connectivity index (χ2n) is 10.6. The number of carbonyl (C=O) groups excluding carboxylic acids is 1. The van der Waals surface area contributed by atoms with Crippen LogP contribution in [-0.4, -0.2) is 83.1 Å². The maximum atomic E-state index is 13.7. The summed E-state index contributed by atoms with van der Waals surface area (Å²) in [4.78, 5) is 24.0. The Morgan fingerprint density at radius 2 is 1.61 bits per heavy atom. The minimum atomic E-state index is 0.119. The van der Waals surface area contributed by atoms with E-state index in [1.54, 1.807) is 5.56 Å². The van der Waals surface area contributed by atoms with E-state index in [4.69, 9.17) is 5.11 Å². The number of nitrogens with zero attached hydrogens (tertiary/aromatic N) is 3. The summed E-state index contributed by atoms with van der Waals surface area (Å²) >= 11 is 0. The molecule has 2 aromatic carbocycles. The summed E-state index contributed by atoms with van der Waals surface area (Å²) in [6.45, 7) is 11.7. The van der Waals surface area contributed by atoms with Gasteiger partial charge in [-0.15, -0.1) is 0 Å². The number of aromatic nitrogens is 1. The highest BCUT2D eigenvalue weighted by atomic mass is 16.3. The lowest BCUT2D eigenvalue weighted by molar-refractivity contribution is 0.0621. The molecule has 2 aliphatic heterocycles. The van der Waals surface area contributed by atoms with Gasteiger partial charge in [0, 0.05) is 62.3 Å². The van der Waals surface area contributed by atoms with Crippen LogP contribution >= 0.6 is 0 Å². The van der Waals surface area contributed by atoms with E-state index in [0.717, 1.165) is 88.4 Å². The van der Waals surface area contributed by atoms with E-state index >= 15 is 0 Å². The van der Waals surface area contributed by atoms with Crippen molar-refractivity contribution in [2.75, 3.05) is 52.4 Å². The minimum absolute atomic E-state index is 0.119.